The summed E-state index contributed by atoms with van der Waals surface area (Å²) in [5.74, 6) is 4.55. The largest absolute Gasteiger partial charge is 0.481 e. The molecular formula is C20H26IN3OS. The van der Waals surface area contributed by atoms with E-state index in [4.69, 9.17) is 11.2 Å². The minimum Gasteiger partial charge on any atom is -0.481 e. The summed E-state index contributed by atoms with van der Waals surface area (Å²) in [6, 6.07) is 10.2. The van der Waals surface area contributed by atoms with E-state index < -0.39 is 0 Å². The first-order valence-electron chi connectivity index (χ1n) is 8.34. The summed E-state index contributed by atoms with van der Waals surface area (Å²) in [5.41, 5.74) is 2.60. The van der Waals surface area contributed by atoms with Crippen LogP contribution in [0, 0.1) is 12.3 Å². The standard InChI is InChI=1S/C20H25N3OS.HI/c1-4-12-24-19-7-5-17(6-8-19)9-11-22-20(21-3)23-14-16(2)18-10-13-25-15-18;/h1,5-8,10,13,15-16H,9,11-12,14H2,2-3H3,(H2,21,22,23);1H. The minimum absolute atomic E-state index is 0. The molecule has 0 radical (unpaired) electrons. The van der Waals surface area contributed by atoms with Crippen LogP contribution in [0.5, 0.6) is 5.75 Å². The van der Waals surface area contributed by atoms with E-state index >= 15 is 0 Å². The first-order chi connectivity index (χ1) is 12.2. The Morgan fingerprint density at radius 3 is 2.65 bits per heavy atom. The predicted molar refractivity (Wildman–Crippen MR) is 122 cm³/mol. The number of nitrogens with one attached hydrogen (secondary N) is 2. The van der Waals surface area contributed by atoms with Crippen molar-refractivity contribution in [2.45, 2.75) is 19.3 Å². The lowest BCUT2D eigenvalue weighted by Crippen LogP contribution is -2.39. The maximum absolute atomic E-state index is 5.38. The second kappa shape index (κ2) is 12.6. The molecular weight excluding hydrogens is 457 g/mol. The topological polar surface area (TPSA) is 45.6 Å². The van der Waals surface area contributed by atoms with Crippen molar-refractivity contribution in [1.82, 2.24) is 10.6 Å². The van der Waals surface area contributed by atoms with Gasteiger partial charge in [0, 0.05) is 20.1 Å². The highest BCUT2D eigenvalue weighted by atomic mass is 127. The van der Waals surface area contributed by atoms with Crippen LogP contribution in [0.2, 0.25) is 0 Å². The Labute approximate surface area is 177 Å². The van der Waals surface area contributed by atoms with Crippen LogP contribution in [-0.2, 0) is 6.42 Å². The Hall–Kier alpha value is -1.72. The number of hydrogen-bond acceptors (Lipinski definition) is 3. The van der Waals surface area contributed by atoms with E-state index in [-0.39, 0.29) is 24.0 Å². The molecule has 1 atom stereocenters. The van der Waals surface area contributed by atoms with Crippen molar-refractivity contribution in [3.63, 3.8) is 0 Å². The number of benzene rings is 1. The number of thiophene rings is 1. The lowest BCUT2D eigenvalue weighted by molar-refractivity contribution is 0.370. The molecule has 1 unspecified atom stereocenters. The van der Waals surface area contributed by atoms with E-state index in [9.17, 15) is 0 Å². The van der Waals surface area contributed by atoms with Gasteiger partial charge in [-0.1, -0.05) is 25.0 Å². The van der Waals surface area contributed by atoms with E-state index in [1.165, 1.54) is 11.1 Å². The maximum atomic E-state index is 5.38. The molecule has 0 saturated carbocycles. The number of aliphatic imine (C=N–C) groups is 1. The van der Waals surface area contributed by atoms with Gasteiger partial charge < -0.3 is 15.4 Å². The number of halogens is 1. The van der Waals surface area contributed by atoms with Gasteiger partial charge in [-0.25, -0.2) is 0 Å². The number of guanidine groups is 1. The fourth-order valence-corrected chi connectivity index (χ4v) is 3.13. The van der Waals surface area contributed by atoms with Gasteiger partial charge in [0.2, 0.25) is 0 Å². The molecule has 4 nitrogen and oxygen atoms in total. The first kappa shape index (κ1) is 22.3. The molecule has 2 aromatic rings. The molecule has 1 heterocycles. The highest BCUT2D eigenvalue weighted by Gasteiger charge is 2.06. The van der Waals surface area contributed by atoms with Crippen molar-refractivity contribution in [3.8, 4) is 18.1 Å². The summed E-state index contributed by atoms with van der Waals surface area (Å²) in [6.07, 6.45) is 6.10. The van der Waals surface area contributed by atoms with Crippen molar-refractivity contribution >= 4 is 41.3 Å². The van der Waals surface area contributed by atoms with E-state index in [0.29, 0.717) is 12.5 Å². The SMILES string of the molecule is C#CCOc1ccc(CCNC(=NC)NCC(C)c2ccsc2)cc1.I. The van der Waals surface area contributed by atoms with Crippen LogP contribution in [0.1, 0.15) is 24.0 Å². The van der Waals surface area contributed by atoms with Gasteiger partial charge >= 0.3 is 0 Å². The van der Waals surface area contributed by atoms with E-state index in [1.807, 2.05) is 12.1 Å². The lowest BCUT2D eigenvalue weighted by Gasteiger charge is -2.15. The van der Waals surface area contributed by atoms with Crippen molar-refractivity contribution in [3.05, 3.63) is 52.2 Å². The molecule has 0 fully saturated rings. The third-order valence-corrected chi connectivity index (χ3v) is 4.56. The molecule has 1 aromatic heterocycles. The van der Waals surface area contributed by atoms with Crippen molar-refractivity contribution < 1.29 is 4.74 Å². The molecule has 6 heteroatoms. The molecule has 0 aliphatic carbocycles. The summed E-state index contributed by atoms with van der Waals surface area (Å²) in [4.78, 5) is 4.28. The fraction of sp³-hybridized carbons (Fsp3) is 0.350. The molecule has 0 bridgehead atoms. The molecule has 0 saturated heterocycles. The fourth-order valence-electron chi connectivity index (χ4n) is 2.35. The molecule has 26 heavy (non-hydrogen) atoms. The van der Waals surface area contributed by atoms with Gasteiger partial charge in [-0.05, 0) is 52.4 Å². The maximum Gasteiger partial charge on any atom is 0.191 e. The molecule has 2 N–H and O–H groups in total. The van der Waals surface area contributed by atoms with E-state index in [0.717, 1.165) is 31.2 Å². The Morgan fingerprint density at radius 1 is 1.27 bits per heavy atom. The highest BCUT2D eigenvalue weighted by Crippen LogP contribution is 2.17. The van der Waals surface area contributed by atoms with Crippen molar-refractivity contribution in [1.29, 1.82) is 0 Å². The second-order valence-electron chi connectivity index (χ2n) is 5.72. The van der Waals surface area contributed by atoms with Gasteiger partial charge in [0.25, 0.3) is 0 Å². The Kier molecular flexibility index (Phi) is 10.8. The summed E-state index contributed by atoms with van der Waals surface area (Å²) >= 11 is 1.73. The first-order valence-corrected chi connectivity index (χ1v) is 9.29. The molecule has 0 aliphatic rings. The molecule has 1 aromatic carbocycles. The van der Waals surface area contributed by atoms with Crippen LogP contribution in [0.15, 0.2) is 46.1 Å². The van der Waals surface area contributed by atoms with Gasteiger partial charge in [-0.3, -0.25) is 4.99 Å². The normalized spacial score (nSPS) is 11.8. The smallest absolute Gasteiger partial charge is 0.191 e. The van der Waals surface area contributed by atoms with Crippen LogP contribution < -0.4 is 15.4 Å². The van der Waals surface area contributed by atoms with E-state index in [2.05, 4.69) is 57.4 Å². The third-order valence-electron chi connectivity index (χ3n) is 3.86. The molecule has 2 rings (SSSR count). The van der Waals surface area contributed by atoms with Crippen LogP contribution >= 0.6 is 35.3 Å². The highest BCUT2D eigenvalue weighted by molar-refractivity contribution is 14.0. The Balaban J connectivity index is 0.00000338. The van der Waals surface area contributed by atoms with Gasteiger partial charge in [-0.2, -0.15) is 11.3 Å². The average Bonchev–Trinajstić information content (AvgIpc) is 3.18. The number of terminal acetylenes is 1. The average molecular weight is 483 g/mol. The van der Waals surface area contributed by atoms with Crippen molar-refractivity contribution in [2.24, 2.45) is 4.99 Å². The Bertz CT molecular complexity index is 693. The zero-order valence-corrected chi connectivity index (χ0v) is 18.3. The van der Waals surface area contributed by atoms with Crippen LogP contribution in [0.4, 0.5) is 0 Å². The quantitative estimate of drug-likeness (QED) is 0.259. The predicted octanol–water partition coefficient (Wildman–Crippen LogP) is 3.89. The van der Waals surface area contributed by atoms with Gasteiger partial charge in [0.1, 0.15) is 12.4 Å². The zero-order chi connectivity index (χ0) is 17.9. The van der Waals surface area contributed by atoms with Crippen LogP contribution in [0.3, 0.4) is 0 Å². The van der Waals surface area contributed by atoms with Gasteiger partial charge in [-0.15, -0.1) is 30.4 Å². The summed E-state index contributed by atoms with van der Waals surface area (Å²) < 4.78 is 5.38. The second-order valence-corrected chi connectivity index (χ2v) is 6.50. The van der Waals surface area contributed by atoms with E-state index in [1.54, 1.807) is 18.4 Å². The third kappa shape index (κ3) is 7.67. The number of ether oxygens (including phenoxy) is 1. The van der Waals surface area contributed by atoms with Gasteiger partial charge in [0.15, 0.2) is 5.96 Å². The number of hydrogen-bond donors (Lipinski definition) is 2. The minimum atomic E-state index is 0. The molecule has 0 amide bonds. The molecule has 0 aliphatic heterocycles. The summed E-state index contributed by atoms with van der Waals surface area (Å²) in [5, 5.41) is 11.0. The molecule has 140 valence electrons. The summed E-state index contributed by atoms with van der Waals surface area (Å²) in [7, 11) is 1.79. The monoisotopic (exact) mass is 483 g/mol. The van der Waals surface area contributed by atoms with Crippen molar-refractivity contribution in [2.75, 3.05) is 26.7 Å². The van der Waals surface area contributed by atoms with Crippen LogP contribution in [0.25, 0.3) is 0 Å². The Morgan fingerprint density at radius 2 is 2.04 bits per heavy atom. The van der Waals surface area contributed by atoms with Crippen LogP contribution in [-0.4, -0.2) is 32.7 Å². The number of nitrogens with zero attached hydrogens (tertiary/aromatic N) is 1. The zero-order valence-electron chi connectivity index (χ0n) is 15.2. The molecule has 0 spiro atoms. The lowest BCUT2D eigenvalue weighted by atomic mass is 10.1. The number of rotatable bonds is 8. The van der Waals surface area contributed by atoms with Gasteiger partial charge in [0.05, 0.1) is 0 Å². The summed E-state index contributed by atoms with van der Waals surface area (Å²) in [6.45, 7) is 4.19.